The monoisotopic (exact) mass is 457 g/mol. The molecular weight excluding hydrogens is 438 g/mol. The summed E-state index contributed by atoms with van der Waals surface area (Å²) in [5.41, 5.74) is 1.74. The molecule has 0 saturated heterocycles. The van der Waals surface area contributed by atoms with Crippen molar-refractivity contribution in [2.75, 3.05) is 5.32 Å². The van der Waals surface area contributed by atoms with Gasteiger partial charge in [-0.3, -0.25) is 9.59 Å². The number of aromatic nitrogens is 3. The average molecular weight is 457 g/mol. The molecule has 0 radical (unpaired) electrons. The van der Waals surface area contributed by atoms with Crippen molar-refractivity contribution in [2.24, 2.45) is 4.99 Å². The lowest BCUT2D eigenvalue weighted by Crippen LogP contribution is -2.34. The van der Waals surface area contributed by atoms with Crippen LogP contribution in [0.1, 0.15) is 0 Å². The Hall–Kier alpha value is -5.04. The number of aliphatic imine (C=N–C) groups is 1. The molecule has 4 aromatic carbocycles. The Morgan fingerprint density at radius 1 is 0.686 bits per heavy atom. The van der Waals surface area contributed by atoms with E-state index in [0.29, 0.717) is 33.5 Å². The molecule has 0 aliphatic rings. The van der Waals surface area contributed by atoms with Crippen LogP contribution in [0.5, 0.6) is 0 Å². The smallest absolute Gasteiger partial charge is 0.269 e. The molecule has 0 spiro atoms. The van der Waals surface area contributed by atoms with E-state index >= 15 is 0 Å². The summed E-state index contributed by atoms with van der Waals surface area (Å²) < 4.78 is 2.85. The molecule has 0 aliphatic carbocycles. The molecule has 0 atom stereocenters. The molecule has 7 heteroatoms. The summed E-state index contributed by atoms with van der Waals surface area (Å²) >= 11 is 0. The Kier molecular flexibility index (Phi) is 4.93. The average Bonchev–Trinajstić information content (AvgIpc) is 2.90. The fraction of sp³-hybridized carbons (Fsp3) is 0. The molecule has 1 N–H and O–H groups in total. The first-order valence-electron chi connectivity index (χ1n) is 11.1. The van der Waals surface area contributed by atoms with Crippen molar-refractivity contribution in [3.05, 3.63) is 130 Å². The van der Waals surface area contributed by atoms with Crippen LogP contribution in [0.3, 0.4) is 0 Å². The van der Waals surface area contributed by atoms with Crippen molar-refractivity contribution in [1.29, 1.82) is 0 Å². The van der Waals surface area contributed by atoms with E-state index in [0.717, 1.165) is 10.1 Å². The van der Waals surface area contributed by atoms with Crippen LogP contribution in [0.2, 0.25) is 0 Å². The first-order valence-corrected chi connectivity index (χ1v) is 11.1. The second-order valence-corrected chi connectivity index (χ2v) is 7.99. The quantitative estimate of drug-likeness (QED) is 0.230. The minimum atomic E-state index is -0.422. The SMILES string of the molecule is O=c1c2ccccc2nc2n(C(=Nc3ccccc3)Nc3ccccc3)c3ccccc3c(=O)n12. The zero-order chi connectivity index (χ0) is 23.8. The summed E-state index contributed by atoms with van der Waals surface area (Å²) in [6.07, 6.45) is 0. The topological polar surface area (TPSA) is 80.8 Å². The fourth-order valence-corrected chi connectivity index (χ4v) is 4.15. The molecule has 6 aromatic rings. The molecule has 6 rings (SSSR count). The van der Waals surface area contributed by atoms with Crippen molar-refractivity contribution in [1.82, 2.24) is 14.0 Å². The lowest BCUT2D eigenvalue weighted by molar-refractivity contribution is 0.966. The number of fused-ring (bicyclic) bond motifs is 3. The van der Waals surface area contributed by atoms with Crippen molar-refractivity contribution in [3.8, 4) is 0 Å². The van der Waals surface area contributed by atoms with Crippen LogP contribution in [0.15, 0.2) is 124 Å². The summed E-state index contributed by atoms with van der Waals surface area (Å²) in [5.74, 6) is 0.578. The molecule has 35 heavy (non-hydrogen) atoms. The lowest BCUT2D eigenvalue weighted by Gasteiger charge is -2.18. The Morgan fingerprint density at radius 2 is 1.29 bits per heavy atom. The maximum absolute atomic E-state index is 13.5. The van der Waals surface area contributed by atoms with Gasteiger partial charge in [0, 0.05) is 5.69 Å². The highest BCUT2D eigenvalue weighted by Gasteiger charge is 2.19. The van der Waals surface area contributed by atoms with E-state index in [2.05, 4.69) is 5.32 Å². The Balaban J connectivity index is 1.78. The molecule has 0 fully saturated rings. The molecule has 0 bridgehead atoms. The summed E-state index contributed by atoms with van der Waals surface area (Å²) in [6, 6.07) is 33.3. The largest absolute Gasteiger partial charge is 0.325 e. The lowest BCUT2D eigenvalue weighted by atomic mass is 10.2. The van der Waals surface area contributed by atoms with E-state index in [1.54, 1.807) is 34.9 Å². The highest BCUT2D eigenvalue weighted by atomic mass is 16.2. The summed E-state index contributed by atoms with van der Waals surface area (Å²) in [6.45, 7) is 0. The number of benzene rings is 4. The second-order valence-electron chi connectivity index (χ2n) is 7.99. The van der Waals surface area contributed by atoms with Gasteiger partial charge in [-0.2, -0.15) is 0 Å². The van der Waals surface area contributed by atoms with Gasteiger partial charge in [0.15, 0.2) is 0 Å². The summed E-state index contributed by atoms with van der Waals surface area (Å²) in [7, 11) is 0. The number of nitrogens with zero attached hydrogens (tertiary/aromatic N) is 4. The Labute approximate surface area is 199 Å². The summed E-state index contributed by atoms with van der Waals surface area (Å²) in [5, 5.41) is 4.13. The van der Waals surface area contributed by atoms with Crippen LogP contribution in [0, 0.1) is 0 Å². The van der Waals surface area contributed by atoms with Gasteiger partial charge in [-0.15, -0.1) is 0 Å². The first kappa shape index (κ1) is 20.6. The van der Waals surface area contributed by atoms with Crippen LogP contribution in [0.4, 0.5) is 11.4 Å². The van der Waals surface area contributed by atoms with E-state index < -0.39 is 11.1 Å². The van der Waals surface area contributed by atoms with E-state index in [9.17, 15) is 9.59 Å². The van der Waals surface area contributed by atoms with Crippen LogP contribution >= 0.6 is 0 Å². The number of rotatable bonds is 2. The van der Waals surface area contributed by atoms with Gasteiger partial charge in [-0.05, 0) is 48.5 Å². The summed E-state index contributed by atoms with van der Waals surface area (Å²) in [4.78, 5) is 36.6. The molecule has 0 amide bonds. The molecule has 168 valence electrons. The molecule has 2 heterocycles. The third kappa shape index (κ3) is 3.55. The van der Waals surface area contributed by atoms with Gasteiger partial charge in [-0.25, -0.2) is 18.9 Å². The maximum atomic E-state index is 13.5. The van der Waals surface area contributed by atoms with Gasteiger partial charge in [0.2, 0.25) is 11.7 Å². The van der Waals surface area contributed by atoms with Crippen LogP contribution in [-0.2, 0) is 0 Å². The molecular formula is C28H19N5O2. The third-order valence-electron chi connectivity index (χ3n) is 5.77. The van der Waals surface area contributed by atoms with Crippen LogP contribution in [-0.4, -0.2) is 19.9 Å². The van der Waals surface area contributed by atoms with Gasteiger partial charge in [0.05, 0.1) is 27.5 Å². The standard InChI is InChI=1S/C28H19N5O2/c34-25-21-15-7-9-17-23(21)31-28-32(24-18-10-8-16-22(24)26(35)33(25)28)27(29-19-11-3-1-4-12-19)30-20-13-5-2-6-14-20/h1-18H,(H,29,30). The zero-order valence-corrected chi connectivity index (χ0v) is 18.5. The van der Waals surface area contributed by atoms with Gasteiger partial charge in [0.25, 0.3) is 11.1 Å². The Morgan fingerprint density at radius 3 is 2.06 bits per heavy atom. The van der Waals surface area contributed by atoms with E-state index in [1.165, 1.54) is 0 Å². The predicted octanol–water partition coefficient (Wildman–Crippen LogP) is 4.81. The van der Waals surface area contributed by atoms with Gasteiger partial charge in [0.1, 0.15) is 0 Å². The van der Waals surface area contributed by atoms with E-state index in [-0.39, 0.29) is 5.78 Å². The first-order chi connectivity index (χ1) is 17.2. The highest BCUT2D eigenvalue weighted by molar-refractivity contribution is 6.04. The van der Waals surface area contributed by atoms with Gasteiger partial charge >= 0.3 is 0 Å². The number of hydrogen-bond donors (Lipinski definition) is 1. The van der Waals surface area contributed by atoms with Crippen molar-refractivity contribution >= 4 is 44.9 Å². The van der Waals surface area contributed by atoms with Crippen molar-refractivity contribution in [2.45, 2.75) is 0 Å². The predicted molar refractivity (Wildman–Crippen MR) is 140 cm³/mol. The number of anilines is 1. The van der Waals surface area contributed by atoms with Gasteiger partial charge < -0.3 is 5.32 Å². The normalized spacial score (nSPS) is 11.8. The number of para-hydroxylation sites is 4. The molecule has 0 aliphatic heterocycles. The van der Waals surface area contributed by atoms with Crippen molar-refractivity contribution in [3.63, 3.8) is 0 Å². The zero-order valence-electron chi connectivity index (χ0n) is 18.5. The van der Waals surface area contributed by atoms with E-state index in [1.807, 2.05) is 78.9 Å². The maximum Gasteiger partial charge on any atom is 0.269 e. The minimum Gasteiger partial charge on any atom is -0.325 e. The fourth-order valence-electron chi connectivity index (χ4n) is 4.15. The third-order valence-corrected chi connectivity index (χ3v) is 5.77. The minimum absolute atomic E-state index is 0.176. The molecule has 7 nitrogen and oxygen atoms in total. The Bertz CT molecular complexity index is 1840. The highest BCUT2D eigenvalue weighted by Crippen LogP contribution is 2.19. The molecule has 0 saturated carbocycles. The van der Waals surface area contributed by atoms with Crippen LogP contribution < -0.4 is 16.4 Å². The second kappa shape index (κ2) is 8.39. The number of nitrogens with one attached hydrogen (secondary N) is 1. The van der Waals surface area contributed by atoms with E-state index in [4.69, 9.17) is 9.98 Å². The van der Waals surface area contributed by atoms with Gasteiger partial charge in [-0.1, -0.05) is 60.7 Å². The molecule has 2 aromatic heterocycles. The number of hydrogen-bond acceptors (Lipinski definition) is 4. The van der Waals surface area contributed by atoms with Crippen molar-refractivity contribution < 1.29 is 0 Å². The molecule has 0 unspecified atom stereocenters. The van der Waals surface area contributed by atoms with Crippen LogP contribution in [0.25, 0.3) is 27.6 Å².